The third-order valence-corrected chi connectivity index (χ3v) is 6.10. The Morgan fingerprint density at radius 3 is 2.62 bits per heavy atom. The molecule has 8 nitrogen and oxygen atoms in total. The van der Waals surface area contributed by atoms with Crippen LogP contribution >= 0.6 is 11.6 Å². The predicted octanol–water partition coefficient (Wildman–Crippen LogP) is 5.09. The van der Waals surface area contributed by atoms with Gasteiger partial charge in [0.1, 0.15) is 5.69 Å². The van der Waals surface area contributed by atoms with Crippen LogP contribution in [-0.2, 0) is 16.8 Å². The number of nitrogens with one attached hydrogen (secondary N) is 1. The summed E-state index contributed by atoms with van der Waals surface area (Å²) in [6.07, 6.45) is -3.21. The molecular weight excluding hydrogens is 511 g/mol. The molecule has 4 rings (SSSR count). The van der Waals surface area contributed by atoms with Crippen LogP contribution in [0.3, 0.4) is 0 Å². The maximum absolute atomic E-state index is 13.4. The van der Waals surface area contributed by atoms with E-state index in [0.29, 0.717) is 61.4 Å². The molecule has 0 bridgehead atoms. The minimum absolute atomic E-state index is 0.102. The van der Waals surface area contributed by atoms with E-state index in [0.717, 1.165) is 11.8 Å². The number of rotatable bonds is 7. The Morgan fingerprint density at radius 2 is 1.95 bits per heavy atom. The first kappa shape index (κ1) is 26.6. The highest BCUT2D eigenvalue weighted by atomic mass is 35.5. The molecule has 0 spiro atoms. The van der Waals surface area contributed by atoms with Crippen molar-refractivity contribution >= 4 is 28.9 Å². The van der Waals surface area contributed by atoms with Crippen molar-refractivity contribution in [1.82, 2.24) is 15.2 Å². The number of anilines is 2. The zero-order chi connectivity index (χ0) is 26.6. The number of hydrogen-bond donors (Lipinski definition) is 1. The van der Waals surface area contributed by atoms with E-state index < -0.39 is 17.6 Å². The summed E-state index contributed by atoms with van der Waals surface area (Å²) in [5, 5.41) is 11.2. The number of nitrogens with zero attached hydrogens (tertiary/aromatic N) is 4. The van der Waals surface area contributed by atoms with Crippen molar-refractivity contribution in [2.24, 2.45) is 0 Å². The molecular formula is C25H25ClF3N5O3. The van der Waals surface area contributed by atoms with Gasteiger partial charge in [0.15, 0.2) is 0 Å². The number of morpholine rings is 1. The van der Waals surface area contributed by atoms with E-state index >= 15 is 0 Å². The first-order chi connectivity index (χ1) is 17.7. The Hall–Kier alpha value is -3.44. The smallest absolute Gasteiger partial charge is 0.416 e. The molecule has 1 saturated heterocycles. The normalized spacial score (nSPS) is 13.9. The van der Waals surface area contributed by atoms with Gasteiger partial charge in [-0.15, -0.1) is 21.8 Å². The molecule has 12 heteroatoms. The highest BCUT2D eigenvalue weighted by Gasteiger charge is 2.34. The van der Waals surface area contributed by atoms with E-state index in [-0.39, 0.29) is 17.0 Å². The van der Waals surface area contributed by atoms with Gasteiger partial charge in [-0.3, -0.25) is 9.78 Å². The minimum Gasteiger partial charge on any atom is -0.475 e. The van der Waals surface area contributed by atoms with Gasteiger partial charge in [0.2, 0.25) is 0 Å². The van der Waals surface area contributed by atoms with Crippen LogP contribution in [0.2, 0.25) is 0 Å². The second kappa shape index (κ2) is 11.3. The SMILES string of the molecule is CCOc1nnc(-c2cc(NC(=O)c3ccc(CCl)c(C(F)(F)F)c3)cnc2C)cc1N1CCOCC1. The van der Waals surface area contributed by atoms with Gasteiger partial charge < -0.3 is 19.7 Å². The van der Waals surface area contributed by atoms with Crippen molar-refractivity contribution in [1.29, 1.82) is 0 Å². The van der Waals surface area contributed by atoms with Crippen molar-refractivity contribution in [3.8, 4) is 17.1 Å². The number of aromatic nitrogens is 3. The Labute approximate surface area is 216 Å². The van der Waals surface area contributed by atoms with Crippen LogP contribution in [0.15, 0.2) is 36.5 Å². The summed E-state index contributed by atoms with van der Waals surface area (Å²) in [6.45, 7) is 6.56. The van der Waals surface area contributed by atoms with E-state index in [1.165, 1.54) is 18.3 Å². The largest absolute Gasteiger partial charge is 0.475 e. The Kier molecular flexibility index (Phi) is 8.13. The molecule has 1 aliphatic heterocycles. The van der Waals surface area contributed by atoms with Gasteiger partial charge in [0.05, 0.1) is 43.0 Å². The molecule has 0 aliphatic carbocycles. The van der Waals surface area contributed by atoms with Gasteiger partial charge in [-0.25, -0.2) is 0 Å². The van der Waals surface area contributed by atoms with E-state index in [1.54, 1.807) is 13.0 Å². The first-order valence-corrected chi connectivity index (χ1v) is 12.1. The number of carbonyl (C=O) groups is 1. The van der Waals surface area contributed by atoms with Crippen LogP contribution in [-0.4, -0.2) is 54.0 Å². The first-order valence-electron chi connectivity index (χ1n) is 11.6. The molecule has 1 fully saturated rings. The summed E-state index contributed by atoms with van der Waals surface area (Å²) in [7, 11) is 0. The highest BCUT2D eigenvalue weighted by molar-refractivity contribution is 6.17. The van der Waals surface area contributed by atoms with Gasteiger partial charge in [-0.2, -0.15) is 13.2 Å². The monoisotopic (exact) mass is 535 g/mol. The Morgan fingerprint density at radius 1 is 1.19 bits per heavy atom. The lowest BCUT2D eigenvalue weighted by atomic mass is 10.0. The molecule has 37 heavy (non-hydrogen) atoms. The third kappa shape index (κ3) is 6.11. The minimum atomic E-state index is -4.64. The topological polar surface area (TPSA) is 89.5 Å². The number of amides is 1. The lowest BCUT2D eigenvalue weighted by Gasteiger charge is -2.29. The molecule has 1 aliphatic rings. The lowest BCUT2D eigenvalue weighted by molar-refractivity contribution is -0.138. The molecule has 196 valence electrons. The fourth-order valence-corrected chi connectivity index (χ4v) is 4.17. The van der Waals surface area contributed by atoms with E-state index in [2.05, 4.69) is 25.4 Å². The van der Waals surface area contributed by atoms with Crippen LogP contribution in [0.5, 0.6) is 5.88 Å². The van der Waals surface area contributed by atoms with Crippen molar-refractivity contribution in [2.45, 2.75) is 25.9 Å². The van der Waals surface area contributed by atoms with Crippen LogP contribution < -0.4 is 15.0 Å². The molecule has 3 heterocycles. The summed E-state index contributed by atoms with van der Waals surface area (Å²) < 4.78 is 51.3. The zero-order valence-electron chi connectivity index (χ0n) is 20.2. The van der Waals surface area contributed by atoms with Gasteiger partial charge in [0, 0.05) is 35.8 Å². The summed E-state index contributed by atoms with van der Waals surface area (Å²) >= 11 is 5.64. The van der Waals surface area contributed by atoms with Gasteiger partial charge >= 0.3 is 6.18 Å². The zero-order valence-corrected chi connectivity index (χ0v) is 21.0. The number of hydrogen-bond acceptors (Lipinski definition) is 7. The van der Waals surface area contributed by atoms with Crippen LogP contribution in [0.1, 0.15) is 34.1 Å². The van der Waals surface area contributed by atoms with Gasteiger partial charge in [0.25, 0.3) is 11.8 Å². The maximum atomic E-state index is 13.4. The molecule has 0 unspecified atom stereocenters. The van der Waals surface area contributed by atoms with Crippen molar-refractivity contribution in [3.05, 3.63) is 58.9 Å². The number of carbonyl (C=O) groups excluding carboxylic acids is 1. The second-order valence-electron chi connectivity index (χ2n) is 8.27. The lowest BCUT2D eigenvalue weighted by Crippen LogP contribution is -2.36. The van der Waals surface area contributed by atoms with E-state index in [9.17, 15) is 18.0 Å². The third-order valence-electron chi connectivity index (χ3n) is 5.82. The van der Waals surface area contributed by atoms with Gasteiger partial charge in [-0.05, 0) is 43.7 Å². The molecule has 0 radical (unpaired) electrons. The fraction of sp³-hybridized carbons (Fsp3) is 0.360. The number of benzene rings is 1. The van der Waals surface area contributed by atoms with Crippen molar-refractivity contribution in [3.63, 3.8) is 0 Å². The maximum Gasteiger partial charge on any atom is 0.416 e. The molecule has 0 atom stereocenters. The Balaban J connectivity index is 1.64. The van der Waals surface area contributed by atoms with Crippen LogP contribution in [0.4, 0.5) is 24.5 Å². The van der Waals surface area contributed by atoms with E-state index in [4.69, 9.17) is 21.1 Å². The number of alkyl halides is 4. The number of halogens is 4. The average Bonchev–Trinajstić information content (AvgIpc) is 2.90. The standard InChI is InChI=1S/C25H25ClF3N5O3/c1-3-37-24-22(34-6-8-36-9-7-34)12-21(32-33-24)19-11-18(14-30-15(19)2)31-23(35)16-4-5-17(13-26)20(10-16)25(27,28)29/h4-5,10-12,14H,3,6-9,13H2,1-2H3,(H,31,35). The summed E-state index contributed by atoms with van der Waals surface area (Å²) in [4.78, 5) is 19.2. The van der Waals surface area contributed by atoms with Crippen LogP contribution in [0.25, 0.3) is 11.3 Å². The number of aryl methyl sites for hydroxylation is 1. The highest BCUT2D eigenvalue weighted by Crippen LogP contribution is 2.34. The summed E-state index contributed by atoms with van der Waals surface area (Å²) in [5.41, 5.74) is 1.61. The average molecular weight is 536 g/mol. The molecule has 0 saturated carbocycles. The number of pyridine rings is 1. The van der Waals surface area contributed by atoms with E-state index in [1.807, 2.05) is 13.0 Å². The molecule has 2 aromatic heterocycles. The van der Waals surface area contributed by atoms with Crippen molar-refractivity contribution in [2.75, 3.05) is 43.1 Å². The fourth-order valence-electron chi connectivity index (χ4n) is 3.93. The van der Waals surface area contributed by atoms with Crippen molar-refractivity contribution < 1.29 is 27.4 Å². The van der Waals surface area contributed by atoms with Gasteiger partial charge in [-0.1, -0.05) is 6.07 Å². The Bertz CT molecular complexity index is 1280. The molecule has 1 aromatic carbocycles. The summed E-state index contributed by atoms with van der Waals surface area (Å²) in [6, 6.07) is 6.80. The molecule has 1 amide bonds. The predicted molar refractivity (Wildman–Crippen MR) is 133 cm³/mol. The quantitative estimate of drug-likeness (QED) is 0.421. The second-order valence-corrected chi connectivity index (χ2v) is 8.53. The number of ether oxygens (including phenoxy) is 2. The molecule has 3 aromatic rings. The van der Waals surface area contributed by atoms with Crippen LogP contribution in [0, 0.1) is 6.92 Å². The molecule has 1 N–H and O–H groups in total. The summed E-state index contributed by atoms with van der Waals surface area (Å²) in [5.74, 6) is -0.628.